The van der Waals surface area contributed by atoms with Crippen LogP contribution in [-0.2, 0) is 16.1 Å². The molecule has 3 rings (SSSR count). The van der Waals surface area contributed by atoms with E-state index in [0.717, 1.165) is 19.4 Å². The van der Waals surface area contributed by atoms with Gasteiger partial charge in [0.15, 0.2) is 5.16 Å². The van der Waals surface area contributed by atoms with Gasteiger partial charge in [0.1, 0.15) is 0 Å². The minimum absolute atomic E-state index is 0.0264. The van der Waals surface area contributed by atoms with Crippen LogP contribution in [0.5, 0.6) is 0 Å². The van der Waals surface area contributed by atoms with Crippen LogP contribution in [0.2, 0.25) is 0 Å². The van der Waals surface area contributed by atoms with E-state index in [-0.39, 0.29) is 35.4 Å². The van der Waals surface area contributed by atoms with Crippen LogP contribution in [0.4, 0.5) is 0 Å². The van der Waals surface area contributed by atoms with Crippen LogP contribution in [-0.4, -0.2) is 50.9 Å². The average molecular weight is 404 g/mol. The first-order chi connectivity index (χ1) is 13.4. The highest BCUT2D eigenvalue weighted by atomic mass is 32.2. The monoisotopic (exact) mass is 403 g/mol. The van der Waals surface area contributed by atoms with Crippen molar-refractivity contribution in [3.63, 3.8) is 0 Å². The van der Waals surface area contributed by atoms with Crippen LogP contribution in [0.3, 0.4) is 0 Å². The number of carbonyl (C=O) groups is 1. The van der Waals surface area contributed by atoms with E-state index < -0.39 is 0 Å². The number of hydrogen-bond donors (Lipinski definition) is 0. The molecule has 1 saturated heterocycles. The molecule has 152 valence electrons. The van der Waals surface area contributed by atoms with E-state index in [1.165, 1.54) is 11.8 Å². The number of aromatic nitrogens is 2. The number of carbonyl (C=O) groups excluding carboxylic acids is 1. The van der Waals surface area contributed by atoms with Crippen LogP contribution >= 0.6 is 11.8 Å². The van der Waals surface area contributed by atoms with Gasteiger partial charge in [-0.1, -0.05) is 23.9 Å². The van der Waals surface area contributed by atoms with Gasteiger partial charge >= 0.3 is 0 Å². The molecule has 0 N–H and O–H groups in total. The molecule has 1 unspecified atom stereocenters. The number of hydrogen-bond acceptors (Lipinski definition) is 5. The molecule has 2 heterocycles. The smallest absolute Gasteiger partial charge is 0.262 e. The summed E-state index contributed by atoms with van der Waals surface area (Å²) in [6.45, 7) is 9.28. The highest BCUT2D eigenvalue weighted by Crippen LogP contribution is 2.22. The fraction of sp³-hybridized carbons (Fsp3) is 0.571. The third-order valence-electron chi connectivity index (χ3n) is 4.96. The second kappa shape index (κ2) is 9.09. The third-order valence-corrected chi connectivity index (χ3v) is 5.92. The Hall–Kier alpha value is -1.86. The van der Waals surface area contributed by atoms with Crippen molar-refractivity contribution in [3.8, 4) is 0 Å². The quantitative estimate of drug-likeness (QED) is 0.524. The third kappa shape index (κ3) is 4.58. The molecule has 6 nitrogen and oxygen atoms in total. The normalized spacial score (nSPS) is 17.0. The minimum Gasteiger partial charge on any atom is -0.376 e. The first-order valence-electron chi connectivity index (χ1n) is 9.93. The molecular weight excluding hydrogens is 374 g/mol. The number of fused-ring (bicyclic) bond motifs is 1. The van der Waals surface area contributed by atoms with E-state index in [4.69, 9.17) is 9.72 Å². The fourth-order valence-electron chi connectivity index (χ4n) is 3.78. The maximum Gasteiger partial charge on any atom is 0.262 e. The SMILES string of the molecule is CC(C)N(C(=O)CSc1nc2ccccc2c(=O)n1CC1CCCO1)C(C)C. The van der Waals surface area contributed by atoms with E-state index in [0.29, 0.717) is 22.6 Å². The van der Waals surface area contributed by atoms with Crippen LogP contribution in [0.25, 0.3) is 10.9 Å². The van der Waals surface area contributed by atoms with E-state index in [1.807, 2.05) is 50.8 Å². The summed E-state index contributed by atoms with van der Waals surface area (Å²) in [5.41, 5.74) is 0.594. The van der Waals surface area contributed by atoms with Crippen molar-refractivity contribution in [1.82, 2.24) is 14.5 Å². The minimum atomic E-state index is -0.0689. The van der Waals surface area contributed by atoms with E-state index >= 15 is 0 Å². The Morgan fingerprint density at radius 2 is 2.00 bits per heavy atom. The summed E-state index contributed by atoms with van der Waals surface area (Å²) in [7, 11) is 0. The molecule has 28 heavy (non-hydrogen) atoms. The van der Waals surface area contributed by atoms with Crippen molar-refractivity contribution in [2.24, 2.45) is 0 Å². The highest BCUT2D eigenvalue weighted by molar-refractivity contribution is 7.99. The summed E-state index contributed by atoms with van der Waals surface area (Å²) in [5, 5.41) is 1.18. The zero-order valence-electron chi connectivity index (χ0n) is 17.1. The van der Waals surface area contributed by atoms with Gasteiger partial charge in [-0.15, -0.1) is 0 Å². The fourth-order valence-corrected chi connectivity index (χ4v) is 4.66. The van der Waals surface area contributed by atoms with Crippen molar-refractivity contribution in [1.29, 1.82) is 0 Å². The molecule has 0 bridgehead atoms. The number of thioether (sulfide) groups is 1. The lowest BCUT2D eigenvalue weighted by Gasteiger charge is -2.30. The predicted molar refractivity (Wildman–Crippen MR) is 113 cm³/mol. The lowest BCUT2D eigenvalue weighted by molar-refractivity contribution is -0.131. The first kappa shape index (κ1) is 20.9. The Morgan fingerprint density at radius 1 is 1.29 bits per heavy atom. The molecule has 0 spiro atoms. The molecule has 0 aliphatic carbocycles. The molecule has 1 amide bonds. The zero-order valence-corrected chi connectivity index (χ0v) is 17.9. The van der Waals surface area contributed by atoms with Gasteiger partial charge < -0.3 is 9.64 Å². The molecule has 7 heteroatoms. The summed E-state index contributed by atoms with van der Waals surface area (Å²) < 4.78 is 7.42. The Balaban J connectivity index is 1.90. The second-order valence-electron chi connectivity index (χ2n) is 7.74. The molecule has 2 aromatic rings. The summed E-state index contributed by atoms with van der Waals surface area (Å²) in [6.07, 6.45) is 1.98. The number of nitrogens with zero attached hydrogens (tertiary/aromatic N) is 3. The molecule has 1 atom stereocenters. The average Bonchev–Trinajstić information content (AvgIpc) is 3.15. The second-order valence-corrected chi connectivity index (χ2v) is 8.68. The molecular formula is C21H29N3O3S. The van der Waals surface area contributed by atoms with Gasteiger partial charge in [-0.3, -0.25) is 14.2 Å². The van der Waals surface area contributed by atoms with Crippen LogP contribution in [0, 0.1) is 0 Å². The lowest BCUT2D eigenvalue weighted by atomic mass is 10.2. The highest BCUT2D eigenvalue weighted by Gasteiger charge is 2.23. The van der Waals surface area contributed by atoms with Gasteiger partial charge in [-0.05, 0) is 52.7 Å². The number of rotatable bonds is 7. The number of para-hydroxylation sites is 1. The van der Waals surface area contributed by atoms with E-state index in [9.17, 15) is 9.59 Å². The van der Waals surface area contributed by atoms with E-state index in [2.05, 4.69) is 0 Å². The van der Waals surface area contributed by atoms with Crippen LogP contribution in [0.1, 0.15) is 40.5 Å². The van der Waals surface area contributed by atoms with Gasteiger partial charge in [-0.2, -0.15) is 0 Å². The topological polar surface area (TPSA) is 64.4 Å². The van der Waals surface area contributed by atoms with Gasteiger partial charge in [0.2, 0.25) is 5.91 Å². The van der Waals surface area contributed by atoms with Crippen molar-refractivity contribution in [2.75, 3.05) is 12.4 Å². The molecule has 1 aliphatic heterocycles. The Labute approximate surface area is 170 Å². The molecule has 1 aliphatic rings. The maximum atomic E-state index is 13.1. The molecule has 1 aromatic heterocycles. The molecule has 0 radical (unpaired) electrons. The van der Waals surface area contributed by atoms with Gasteiger partial charge in [0.05, 0.1) is 29.3 Å². The van der Waals surface area contributed by atoms with Crippen molar-refractivity contribution >= 4 is 28.6 Å². The molecule has 1 aromatic carbocycles. The predicted octanol–water partition coefficient (Wildman–Crippen LogP) is 3.31. The Kier molecular flexibility index (Phi) is 6.78. The Bertz CT molecular complexity index is 880. The zero-order chi connectivity index (χ0) is 20.3. The van der Waals surface area contributed by atoms with Crippen molar-refractivity contribution in [3.05, 3.63) is 34.6 Å². The number of benzene rings is 1. The van der Waals surface area contributed by atoms with Crippen molar-refractivity contribution < 1.29 is 9.53 Å². The largest absolute Gasteiger partial charge is 0.376 e. The van der Waals surface area contributed by atoms with Crippen LogP contribution in [0.15, 0.2) is 34.2 Å². The Morgan fingerprint density at radius 3 is 2.64 bits per heavy atom. The molecule has 1 fully saturated rings. The summed E-state index contributed by atoms with van der Waals surface area (Å²) in [5.74, 6) is 0.313. The lowest BCUT2D eigenvalue weighted by Crippen LogP contribution is -2.43. The van der Waals surface area contributed by atoms with E-state index in [1.54, 1.807) is 10.6 Å². The van der Waals surface area contributed by atoms with Crippen molar-refractivity contribution in [2.45, 2.75) is 70.4 Å². The van der Waals surface area contributed by atoms with Crippen LogP contribution < -0.4 is 5.56 Å². The number of amides is 1. The molecule has 0 saturated carbocycles. The standard InChI is InChI=1S/C21H29N3O3S/c1-14(2)24(15(3)4)19(25)13-28-21-22-18-10-6-5-9-17(18)20(26)23(21)12-16-8-7-11-27-16/h5-6,9-10,14-16H,7-8,11-13H2,1-4H3. The summed E-state index contributed by atoms with van der Waals surface area (Å²) in [4.78, 5) is 32.4. The maximum absolute atomic E-state index is 13.1. The summed E-state index contributed by atoms with van der Waals surface area (Å²) >= 11 is 1.34. The van der Waals surface area contributed by atoms with Gasteiger partial charge in [0.25, 0.3) is 5.56 Å². The van der Waals surface area contributed by atoms with Gasteiger partial charge in [0, 0.05) is 18.7 Å². The number of ether oxygens (including phenoxy) is 1. The van der Waals surface area contributed by atoms with Gasteiger partial charge in [-0.25, -0.2) is 4.98 Å². The summed E-state index contributed by atoms with van der Waals surface area (Å²) in [6, 6.07) is 7.63. The first-order valence-corrected chi connectivity index (χ1v) is 10.9.